The number of hydrogen-bond donors (Lipinski definition) is 2. The highest BCUT2D eigenvalue weighted by Gasteiger charge is 2.30. The van der Waals surface area contributed by atoms with Crippen molar-refractivity contribution in [2.24, 2.45) is 0 Å². The largest absolute Gasteiger partial charge is 0.358 e. The number of carbonyl (C=O) groups is 1. The maximum atomic E-state index is 11.8. The van der Waals surface area contributed by atoms with Crippen LogP contribution >= 0.6 is 24.8 Å². The number of hydrogen-bond acceptors (Lipinski definition) is 5. The van der Waals surface area contributed by atoms with Gasteiger partial charge >= 0.3 is 0 Å². The molecule has 170 valence electrons. The minimum atomic E-state index is -0.163. The Morgan fingerprint density at radius 3 is 2.44 bits per heavy atom. The van der Waals surface area contributed by atoms with Crippen LogP contribution in [0.15, 0.2) is 54.7 Å². The van der Waals surface area contributed by atoms with Crippen molar-refractivity contribution in [1.82, 2.24) is 30.5 Å². The standard InChI is InChI=1S/C23H26N6O.2ClH/c1-24-23(30)21-10-20(11-25-21)29-15-22(26-27-29)17-8-6-16(7-9-17)12-28-13-18-4-2-3-5-19(18)14-28;;/h2-9,15,20-21,25H,10-14H2,1H3,(H,24,30);2*1H/t20-,21+;;/m1../s1. The van der Waals surface area contributed by atoms with Gasteiger partial charge in [-0.15, -0.1) is 29.9 Å². The zero-order valence-electron chi connectivity index (χ0n) is 17.9. The van der Waals surface area contributed by atoms with E-state index in [9.17, 15) is 4.79 Å². The normalized spacial score (nSPS) is 19.7. The van der Waals surface area contributed by atoms with Crippen LogP contribution in [0.3, 0.4) is 0 Å². The SMILES string of the molecule is CNC(=O)[C@@H]1C[C@@H](n2cc(-c3ccc(CN4Cc5ccccc5C4)cc3)nn2)CN1.Cl.Cl. The number of carbonyl (C=O) groups excluding carboxylic acids is 1. The van der Waals surface area contributed by atoms with E-state index in [1.807, 2.05) is 10.9 Å². The Hall–Kier alpha value is -2.45. The molecule has 1 saturated heterocycles. The molecule has 0 radical (unpaired) electrons. The number of likely N-dealkylation sites (N-methyl/N-ethyl adjacent to an activating group) is 1. The zero-order valence-corrected chi connectivity index (χ0v) is 19.5. The van der Waals surface area contributed by atoms with Crippen LogP contribution in [0.1, 0.15) is 29.2 Å². The van der Waals surface area contributed by atoms with Gasteiger partial charge in [0.15, 0.2) is 0 Å². The lowest BCUT2D eigenvalue weighted by Gasteiger charge is -2.14. The van der Waals surface area contributed by atoms with E-state index in [1.165, 1.54) is 16.7 Å². The fourth-order valence-corrected chi connectivity index (χ4v) is 4.43. The van der Waals surface area contributed by atoms with Gasteiger partial charge in [0.25, 0.3) is 0 Å². The number of nitrogens with one attached hydrogen (secondary N) is 2. The second-order valence-corrected chi connectivity index (χ2v) is 8.16. The molecule has 3 aromatic rings. The summed E-state index contributed by atoms with van der Waals surface area (Å²) in [5, 5.41) is 14.6. The van der Waals surface area contributed by atoms with Gasteiger partial charge in [-0.1, -0.05) is 53.7 Å². The summed E-state index contributed by atoms with van der Waals surface area (Å²) in [5.74, 6) is 0.0227. The summed E-state index contributed by atoms with van der Waals surface area (Å²) in [7, 11) is 1.66. The third-order valence-electron chi connectivity index (χ3n) is 6.12. The van der Waals surface area contributed by atoms with Crippen molar-refractivity contribution < 1.29 is 4.79 Å². The van der Waals surface area contributed by atoms with Crippen LogP contribution in [0.25, 0.3) is 11.3 Å². The Labute approximate surface area is 200 Å². The summed E-state index contributed by atoms with van der Waals surface area (Å²) < 4.78 is 1.88. The molecule has 1 aromatic heterocycles. The topological polar surface area (TPSA) is 75.1 Å². The lowest BCUT2D eigenvalue weighted by atomic mass is 10.1. The van der Waals surface area contributed by atoms with E-state index in [0.29, 0.717) is 0 Å². The molecule has 5 rings (SSSR count). The molecule has 9 heteroatoms. The van der Waals surface area contributed by atoms with Gasteiger partial charge in [0.1, 0.15) is 5.69 Å². The van der Waals surface area contributed by atoms with E-state index in [-0.39, 0.29) is 42.8 Å². The molecular weight excluding hydrogens is 447 g/mol. The zero-order chi connectivity index (χ0) is 20.5. The number of nitrogens with zero attached hydrogens (tertiary/aromatic N) is 4. The minimum absolute atomic E-state index is 0. The molecule has 0 aliphatic carbocycles. The number of amides is 1. The summed E-state index contributed by atoms with van der Waals surface area (Å²) in [6, 6.07) is 17.2. The first-order chi connectivity index (χ1) is 14.7. The van der Waals surface area contributed by atoms with Crippen molar-refractivity contribution in [2.75, 3.05) is 13.6 Å². The molecule has 0 saturated carbocycles. The van der Waals surface area contributed by atoms with Crippen LogP contribution in [0.4, 0.5) is 0 Å². The molecule has 1 fully saturated rings. The third-order valence-corrected chi connectivity index (χ3v) is 6.12. The summed E-state index contributed by atoms with van der Waals surface area (Å²) in [4.78, 5) is 14.3. The summed E-state index contributed by atoms with van der Waals surface area (Å²) in [6.45, 7) is 3.69. The lowest BCUT2D eigenvalue weighted by molar-refractivity contribution is -0.122. The minimum Gasteiger partial charge on any atom is -0.358 e. The molecule has 0 unspecified atom stereocenters. The number of halogens is 2. The quantitative estimate of drug-likeness (QED) is 0.594. The fraction of sp³-hybridized carbons (Fsp3) is 0.348. The van der Waals surface area contributed by atoms with Crippen molar-refractivity contribution in [3.8, 4) is 11.3 Å². The second kappa shape index (κ2) is 10.4. The number of rotatable bonds is 5. The van der Waals surface area contributed by atoms with Gasteiger partial charge in [0, 0.05) is 38.8 Å². The van der Waals surface area contributed by atoms with Crippen LogP contribution in [-0.4, -0.2) is 45.4 Å². The summed E-state index contributed by atoms with van der Waals surface area (Å²) >= 11 is 0. The van der Waals surface area contributed by atoms with Crippen LogP contribution in [0, 0.1) is 0 Å². The number of benzene rings is 2. The van der Waals surface area contributed by atoms with Gasteiger partial charge in [-0.25, -0.2) is 4.68 Å². The first-order valence-electron chi connectivity index (χ1n) is 10.4. The molecule has 1 amide bonds. The Morgan fingerprint density at radius 1 is 1.09 bits per heavy atom. The summed E-state index contributed by atoms with van der Waals surface area (Å²) in [5.41, 5.74) is 6.09. The maximum absolute atomic E-state index is 11.8. The Morgan fingerprint density at radius 2 is 1.78 bits per heavy atom. The average Bonchev–Trinajstić information content (AvgIpc) is 3.52. The molecule has 3 heterocycles. The van der Waals surface area contributed by atoms with E-state index >= 15 is 0 Å². The van der Waals surface area contributed by atoms with Crippen LogP contribution in [-0.2, 0) is 24.4 Å². The van der Waals surface area contributed by atoms with Gasteiger partial charge in [-0.3, -0.25) is 9.69 Å². The summed E-state index contributed by atoms with van der Waals surface area (Å²) in [6.07, 6.45) is 2.70. The van der Waals surface area contributed by atoms with Crippen molar-refractivity contribution in [2.45, 2.75) is 38.1 Å². The van der Waals surface area contributed by atoms with Gasteiger partial charge in [0.2, 0.25) is 5.91 Å². The first kappa shape index (κ1) is 24.2. The molecule has 32 heavy (non-hydrogen) atoms. The van der Waals surface area contributed by atoms with Crippen molar-refractivity contribution >= 4 is 30.7 Å². The average molecular weight is 475 g/mol. The van der Waals surface area contributed by atoms with E-state index in [0.717, 1.165) is 43.9 Å². The van der Waals surface area contributed by atoms with Gasteiger partial charge in [0.05, 0.1) is 18.3 Å². The molecule has 2 aromatic carbocycles. The van der Waals surface area contributed by atoms with Gasteiger partial charge < -0.3 is 10.6 Å². The Balaban J connectivity index is 0.00000144. The Bertz CT molecular complexity index is 1030. The molecule has 2 aliphatic rings. The maximum Gasteiger partial charge on any atom is 0.236 e. The molecular formula is C23H28Cl2N6O. The predicted molar refractivity (Wildman–Crippen MR) is 129 cm³/mol. The molecule has 0 bridgehead atoms. The van der Waals surface area contributed by atoms with Crippen molar-refractivity contribution in [1.29, 1.82) is 0 Å². The van der Waals surface area contributed by atoms with E-state index in [1.54, 1.807) is 7.05 Å². The molecule has 7 nitrogen and oxygen atoms in total. The van der Waals surface area contributed by atoms with E-state index < -0.39 is 0 Å². The highest BCUT2D eigenvalue weighted by Crippen LogP contribution is 2.26. The van der Waals surface area contributed by atoms with Crippen molar-refractivity contribution in [3.05, 3.63) is 71.4 Å². The van der Waals surface area contributed by atoms with Crippen LogP contribution in [0.5, 0.6) is 0 Å². The Kier molecular flexibility index (Phi) is 7.90. The molecule has 2 N–H and O–H groups in total. The van der Waals surface area contributed by atoms with Gasteiger partial charge in [-0.05, 0) is 23.1 Å². The number of fused-ring (bicyclic) bond motifs is 1. The fourth-order valence-electron chi connectivity index (χ4n) is 4.43. The first-order valence-corrected chi connectivity index (χ1v) is 10.4. The second-order valence-electron chi connectivity index (χ2n) is 8.16. The monoisotopic (exact) mass is 474 g/mol. The molecule has 2 aliphatic heterocycles. The lowest BCUT2D eigenvalue weighted by Crippen LogP contribution is -2.38. The molecule has 0 spiro atoms. The van der Waals surface area contributed by atoms with Crippen LogP contribution < -0.4 is 10.6 Å². The third kappa shape index (κ3) is 4.96. The number of aromatic nitrogens is 3. The van der Waals surface area contributed by atoms with Crippen molar-refractivity contribution in [3.63, 3.8) is 0 Å². The smallest absolute Gasteiger partial charge is 0.236 e. The van der Waals surface area contributed by atoms with Gasteiger partial charge in [-0.2, -0.15) is 0 Å². The predicted octanol–water partition coefficient (Wildman–Crippen LogP) is 2.95. The van der Waals surface area contributed by atoms with Crippen LogP contribution in [0.2, 0.25) is 0 Å². The van der Waals surface area contributed by atoms with E-state index in [2.05, 4.69) is 74.4 Å². The highest BCUT2D eigenvalue weighted by molar-refractivity contribution is 5.85. The highest BCUT2D eigenvalue weighted by atomic mass is 35.5. The molecule has 2 atom stereocenters. The van der Waals surface area contributed by atoms with E-state index in [4.69, 9.17) is 0 Å².